The molecule has 2 aromatic heterocycles. The number of anilines is 2. The van der Waals surface area contributed by atoms with Gasteiger partial charge in [-0.2, -0.15) is 18.2 Å². The second-order valence-electron chi connectivity index (χ2n) is 9.24. The molecular weight excluding hydrogens is 453 g/mol. The Morgan fingerprint density at radius 2 is 1.85 bits per heavy atom. The molecule has 0 saturated heterocycles. The van der Waals surface area contributed by atoms with Crippen molar-refractivity contribution in [2.45, 2.75) is 45.7 Å². The van der Waals surface area contributed by atoms with Crippen LogP contribution in [0.5, 0.6) is 0 Å². The summed E-state index contributed by atoms with van der Waals surface area (Å²) >= 11 is 0. The molecule has 0 aliphatic carbocycles. The molecule has 0 unspecified atom stereocenters. The van der Waals surface area contributed by atoms with Gasteiger partial charge in [0.1, 0.15) is 12.1 Å². The van der Waals surface area contributed by atoms with Crippen molar-refractivity contribution in [2.24, 2.45) is 5.41 Å². The highest BCUT2D eigenvalue weighted by Crippen LogP contribution is 2.43. The van der Waals surface area contributed by atoms with Gasteiger partial charge in [0.25, 0.3) is 5.78 Å². The van der Waals surface area contributed by atoms with E-state index in [0.29, 0.717) is 24.9 Å². The maximum Gasteiger partial charge on any atom is 0.393 e. The Morgan fingerprint density at radius 3 is 2.62 bits per heavy atom. The summed E-state index contributed by atoms with van der Waals surface area (Å²) < 4.78 is 70.9. The Morgan fingerprint density at radius 1 is 1.06 bits per heavy atom. The lowest BCUT2D eigenvalue weighted by atomic mass is 9.83. The molecule has 1 aliphatic rings. The van der Waals surface area contributed by atoms with E-state index in [9.17, 15) is 17.6 Å². The first kappa shape index (κ1) is 22.5. The molecule has 0 spiro atoms. The molecule has 0 amide bonds. The van der Waals surface area contributed by atoms with E-state index in [-0.39, 0.29) is 29.8 Å². The standard InChI is InChI=1S/C24H22F5N5/c1-23(2,24(27,28)29)11-10-14-5-3-7-17-15(14)6-4-12-33(17)21-19-18(9-8-16(25)20(19)26)34-13-30-32-22(34)31-21/h3,5,7-9,13H,4,6,10-12H2,1-2H3. The molecule has 178 valence electrons. The summed E-state index contributed by atoms with van der Waals surface area (Å²) in [5.74, 6) is -1.57. The molecule has 1 aliphatic heterocycles. The maximum atomic E-state index is 15.1. The Bertz CT molecular complexity index is 1390. The van der Waals surface area contributed by atoms with Crippen LogP contribution in [0, 0.1) is 17.0 Å². The monoisotopic (exact) mass is 475 g/mol. The van der Waals surface area contributed by atoms with Crippen LogP contribution >= 0.6 is 0 Å². The first-order chi connectivity index (χ1) is 16.1. The van der Waals surface area contributed by atoms with Crippen molar-refractivity contribution in [3.8, 4) is 0 Å². The Labute approximate surface area is 192 Å². The summed E-state index contributed by atoms with van der Waals surface area (Å²) in [5, 5.41) is 7.82. The summed E-state index contributed by atoms with van der Waals surface area (Å²) in [4.78, 5) is 6.30. The predicted octanol–water partition coefficient (Wildman–Crippen LogP) is 6.16. The average molecular weight is 475 g/mol. The van der Waals surface area contributed by atoms with Crippen LogP contribution in [0.3, 0.4) is 0 Å². The molecule has 0 N–H and O–H groups in total. The minimum absolute atomic E-state index is 0.00348. The zero-order valence-corrected chi connectivity index (χ0v) is 18.6. The van der Waals surface area contributed by atoms with Crippen molar-refractivity contribution in [1.82, 2.24) is 19.6 Å². The van der Waals surface area contributed by atoms with Gasteiger partial charge < -0.3 is 4.90 Å². The molecule has 5 nitrogen and oxygen atoms in total. The summed E-state index contributed by atoms with van der Waals surface area (Å²) in [6.45, 7) is 2.90. The molecule has 0 fully saturated rings. The molecule has 4 aromatic rings. The molecule has 34 heavy (non-hydrogen) atoms. The number of alkyl halides is 3. The summed E-state index contributed by atoms with van der Waals surface area (Å²) in [6, 6.07) is 7.96. The van der Waals surface area contributed by atoms with Crippen molar-refractivity contribution < 1.29 is 22.0 Å². The Hall–Kier alpha value is -3.30. The van der Waals surface area contributed by atoms with Gasteiger partial charge in [-0.1, -0.05) is 26.0 Å². The molecule has 5 rings (SSSR count). The number of fused-ring (bicyclic) bond motifs is 4. The highest BCUT2D eigenvalue weighted by molar-refractivity contribution is 5.94. The van der Waals surface area contributed by atoms with Crippen molar-refractivity contribution in [3.63, 3.8) is 0 Å². The van der Waals surface area contributed by atoms with Crippen LogP contribution in [-0.2, 0) is 12.8 Å². The smallest absolute Gasteiger partial charge is 0.325 e. The molecule has 3 heterocycles. The van der Waals surface area contributed by atoms with Crippen LogP contribution in [0.15, 0.2) is 36.7 Å². The SMILES string of the molecule is CC(C)(CCc1cccc2c1CCCN2c1nc2nncn2c2ccc(F)c(F)c12)C(F)(F)F. The lowest BCUT2D eigenvalue weighted by Crippen LogP contribution is -2.32. The minimum Gasteiger partial charge on any atom is -0.325 e. The van der Waals surface area contributed by atoms with Gasteiger partial charge in [-0.25, -0.2) is 8.78 Å². The third kappa shape index (κ3) is 3.56. The maximum absolute atomic E-state index is 15.1. The summed E-state index contributed by atoms with van der Waals surface area (Å²) in [6.07, 6.45) is -1.35. The van der Waals surface area contributed by atoms with Crippen LogP contribution in [0.2, 0.25) is 0 Å². The van der Waals surface area contributed by atoms with Gasteiger partial charge in [0.2, 0.25) is 0 Å². The van der Waals surface area contributed by atoms with E-state index in [1.807, 2.05) is 12.1 Å². The first-order valence-corrected chi connectivity index (χ1v) is 11.0. The highest BCUT2D eigenvalue weighted by Gasteiger charge is 2.46. The molecule has 0 bridgehead atoms. The number of benzene rings is 2. The molecule has 0 saturated carbocycles. The third-order valence-electron chi connectivity index (χ3n) is 6.68. The lowest BCUT2D eigenvalue weighted by molar-refractivity contribution is -0.213. The van der Waals surface area contributed by atoms with Gasteiger partial charge in [0.05, 0.1) is 16.3 Å². The van der Waals surface area contributed by atoms with Crippen LogP contribution in [-0.4, -0.2) is 32.3 Å². The third-order valence-corrected chi connectivity index (χ3v) is 6.68. The molecular formula is C24H22F5N5. The van der Waals surface area contributed by atoms with Crippen LogP contribution in [0.25, 0.3) is 16.7 Å². The van der Waals surface area contributed by atoms with Gasteiger partial charge in [-0.3, -0.25) is 4.40 Å². The van der Waals surface area contributed by atoms with Gasteiger partial charge in [0, 0.05) is 12.2 Å². The van der Waals surface area contributed by atoms with Gasteiger partial charge in [-0.05, 0) is 55.0 Å². The van der Waals surface area contributed by atoms with Gasteiger partial charge in [0.15, 0.2) is 11.6 Å². The lowest BCUT2D eigenvalue weighted by Gasteiger charge is -2.33. The Balaban J connectivity index is 1.62. The summed E-state index contributed by atoms with van der Waals surface area (Å²) in [7, 11) is 0. The molecule has 0 radical (unpaired) electrons. The number of hydrogen-bond acceptors (Lipinski definition) is 4. The van der Waals surface area contributed by atoms with E-state index >= 15 is 4.39 Å². The fraction of sp³-hybridized carbons (Fsp3) is 0.375. The van der Waals surface area contributed by atoms with Gasteiger partial charge >= 0.3 is 6.18 Å². The first-order valence-electron chi connectivity index (χ1n) is 11.0. The van der Waals surface area contributed by atoms with Crippen LogP contribution < -0.4 is 4.90 Å². The van der Waals surface area contributed by atoms with E-state index in [4.69, 9.17) is 0 Å². The second-order valence-corrected chi connectivity index (χ2v) is 9.24. The van der Waals surface area contributed by atoms with Crippen molar-refractivity contribution >= 4 is 28.2 Å². The van der Waals surface area contributed by atoms with Crippen LogP contribution in [0.4, 0.5) is 33.5 Å². The molecule has 0 atom stereocenters. The number of aryl methyl sites for hydroxylation is 1. The zero-order valence-electron chi connectivity index (χ0n) is 18.6. The quantitative estimate of drug-likeness (QED) is 0.332. The van der Waals surface area contributed by atoms with Crippen molar-refractivity contribution in [2.75, 3.05) is 11.4 Å². The topological polar surface area (TPSA) is 46.3 Å². The number of hydrogen-bond donors (Lipinski definition) is 0. The van der Waals surface area contributed by atoms with E-state index in [2.05, 4.69) is 15.2 Å². The predicted molar refractivity (Wildman–Crippen MR) is 118 cm³/mol. The molecule has 10 heteroatoms. The Kier molecular flexibility index (Phi) is 5.22. The average Bonchev–Trinajstić information content (AvgIpc) is 3.27. The fourth-order valence-electron chi connectivity index (χ4n) is 4.52. The van der Waals surface area contributed by atoms with Crippen molar-refractivity contribution in [1.29, 1.82) is 0 Å². The van der Waals surface area contributed by atoms with E-state index < -0.39 is 23.2 Å². The van der Waals surface area contributed by atoms with Crippen LogP contribution in [0.1, 0.15) is 37.8 Å². The largest absolute Gasteiger partial charge is 0.393 e. The zero-order chi connectivity index (χ0) is 24.3. The summed E-state index contributed by atoms with van der Waals surface area (Å²) in [5.41, 5.74) is 1.01. The number of rotatable bonds is 4. The van der Waals surface area contributed by atoms with Crippen molar-refractivity contribution in [3.05, 3.63) is 59.4 Å². The van der Waals surface area contributed by atoms with Gasteiger partial charge in [-0.15, -0.1) is 10.2 Å². The van der Waals surface area contributed by atoms with E-state index in [0.717, 1.165) is 22.9 Å². The van der Waals surface area contributed by atoms with E-state index in [1.54, 1.807) is 11.0 Å². The minimum atomic E-state index is -4.30. The number of halogens is 5. The second kappa shape index (κ2) is 7.89. The molecule has 2 aromatic carbocycles. The normalized spacial score (nSPS) is 14.7. The van der Waals surface area contributed by atoms with E-state index in [1.165, 1.54) is 30.6 Å². The number of aromatic nitrogens is 4. The fourth-order valence-corrected chi connectivity index (χ4v) is 4.52. The number of nitrogens with zero attached hydrogens (tertiary/aromatic N) is 5. The highest BCUT2D eigenvalue weighted by atomic mass is 19.4.